The average molecular weight is 180 g/mol. The Balaban J connectivity index is 2.93. The van der Waals surface area contributed by atoms with Crippen LogP contribution in [-0.4, -0.2) is 0 Å². The summed E-state index contributed by atoms with van der Waals surface area (Å²) in [5.41, 5.74) is 1.61. The van der Waals surface area contributed by atoms with Gasteiger partial charge in [0.05, 0.1) is 0 Å². The third kappa shape index (κ3) is 2.30. The van der Waals surface area contributed by atoms with E-state index >= 15 is 0 Å². The number of halogens is 1. The average Bonchev–Trinajstić information content (AvgIpc) is 2.10. The van der Waals surface area contributed by atoms with Crippen LogP contribution in [0.25, 0.3) is 0 Å². The highest BCUT2D eigenvalue weighted by Gasteiger charge is 2.10. The van der Waals surface area contributed by atoms with E-state index in [1.165, 1.54) is 0 Å². The number of aryl methyl sites for hydroxylation is 1. The Labute approximate surface area is 79.8 Å². The molecule has 0 spiro atoms. The highest BCUT2D eigenvalue weighted by atomic mass is 19.1. The smallest absolute Gasteiger partial charge is 0.129 e. The van der Waals surface area contributed by atoms with Gasteiger partial charge in [0.1, 0.15) is 5.82 Å². The minimum Gasteiger partial charge on any atom is -0.206 e. The Morgan fingerprint density at radius 3 is 2.69 bits per heavy atom. The number of benzene rings is 1. The molecule has 1 rings (SSSR count). The van der Waals surface area contributed by atoms with Crippen molar-refractivity contribution in [2.75, 3.05) is 0 Å². The van der Waals surface area contributed by atoms with Crippen molar-refractivity contribution < 1.29 is 4.39 Å². The molecule has 0 aliphatic rings. The zero-order valence-corrected chi connectivity index (χ0v) is 8.60. The van der Waals surface area contributed by atoms with Gasteiger partial charge in [-0.2, -0.15) is 0 Å². The Morgan fingerprint density at radius 2 is 2.08 bits per heavy atom. The molecule has 0 aliphatic carbocycles. The van der Waals surface area contributed by atoms with Crippen molar-refractivity contribution in [1.29, 1.82) is 0 Å². The van der Waals surface area contributed by atoms with Crippen molar-refractivity contribution in [2.24, 2.45) is 0 Å². The van der Waals surface area contributed by atoms with E-state index in [1.807, 2.05) is 25.1 Å². The maximum atomic E-state index is 13.6. The van der Waals surface area contributed by atoms with Gasteiger partial charge in [-0.1, -0.05) is 38.5 Å². The molecular weight excluding hydrogens is 163 g/mol. The lowest BCUT2D eigenvalue weighted by atomic mass is 9.95. The summed E-state index contributed by atoms with van der Waals surface area (Å²) in [6.07, 6.45) is 2.16. The van der Waals surface area contributed by atoms with Gasteiger partial charge in [-0.15, -0.1) is 0 Å². The zero-order chi connectivity index (χ0) is 9.84. The van der Waals surface area contributed by atoms with Crippen molar-refractivity contribution in [2.45, 2.75) is 39.5 Å². The van der Waals surface area contributed by atoms with Crippen molar-refractivity contribution >= 4 is 0 Å². The predicted octanol–water partition coefficient (Wildman–Crippen LogP) is 4.04. The van der Waals surface area contributed by atoms with E-state index in [-0.39, 0.29) is 5.82 Å². The lowest BCUT2D eigenvalue weighted by molar-refractivity contribution is 0.564. The Bertz CT molecular complexity index is 278. The minimum absolute atomic E-state index is 0.0246. The molecule has 1 atom stereocenters. The van der Waals surface area contributed by atoms with Crippen LogP contribution in [0.1, 0.15) is 43.7 Å². The van der Waals surface area contributed by atoms with Crippen LogP contribution in [0.3, 0.4) is 0 Å². The van der Waals surface area contributed by atoms with Gasteiger partial charge >= 0.3 is 0 Å². The molecule has 72 valence electrons. The molecule has 1 heteroatoms. The van der Waals surface area contributed by atoms with Crippen molar-refractivity contribution in [1.82, 2.24) is 0 Å². The molecule has 1 unspecified atom stereocenters. The van der Waals surface area contributed by atoms with E-state index in [4.69, 9.17) is 0 Å². The highest BCUT2D eigenvalue weighted by Crippen LogP contribution is 2.24. The second kappa shape index (κ2) is 4.40. The van der Waals surface area contributed by atoms with Crippen LogP contribution < -0.4 is 0 Å². The lowest BCUT2D eigenvalue weighted by Gasteiger charge is -2.12. The SMILES string of the molecule is CCCC(C)c1cccc(C)c1F. The molecule has 13 heavy (non-hydrogen) atoms. The van der Waals surface area contributed by atoms with Gasteiger partial charge in [0, 0.05) is 0 Å². The van der Waals surface area contributed by atoms with E-state index in [0.717, 1.165) is 24.0 Å². The maximum Gasteiger partial charge on any atom is 0.129 e. The van der Waals surface area contributed by atoms with E-state index in [9.17, 15) is 4.39 Å². The summed E-state index contributed by atoms with van der Waals surface area (Å²) in [6, 6.07) is 5.64. The van der Waals surface area contributed by atoms with Crippen LogP contribution in [0, 0.1) is 12.7 Å². The fraction of sp³-hybridized carbons (Fsp3) is 0.500. The molecule has 0 nitrogen and oxygen atoms in total. The van der Waals surface area contributed by atoms with Crippen LogP contribution >= 0.6 is 0 Å². The van der Waals surface area contributed by atoms with E-state index in [2.05, 4.69) is 13.8 Å². The van der Waals surface area contributed by atoms with Gasteiger partial charge in [-0.05, 0) is 30.4 Å². The summed E-state index contributed by atoms with van der Waals surface area (Å²) < 4.78 is 13.6. The first-order chi connectivity index (χ1) is 6.16. The monoisotopic (exact) mass is 180 g/mol. The summed E-state index contributed by atoms with van der Waals surface area (Å²) >= 11 is 0. The summed E-state index contributed by atoms with van der Waals surface area (Å²) in [7, 11) is 0. The second-order valence-corrected chi connectivity index (χ2v) is 3.67. The molecule has 0 aliphatic heterocycles. The number of hydrogen-bond acceptors (Lipinski definition) is 0. The summed E-state index contributed by atoms with van der Waals surface area (Å²) in [6.45, 7) is 6.03. The topological polar surface area (TPSA) is 0 Å². The van der Waals surface area contributed by atoms with E-state index < -0.39 is 0 Å². The van der Waals surface area contributed by atoms with E-state index in [1.54, 1.807) is 0 Å². The third-order valence-corrected chi connectivity index (χ3v) is 2.47. The molecular formula is C12H17F. The lowest BCUT2D eigenvalue weighted by Crippen LogP contribution is -1.98. The maximum absolute atomic E-state index is 13.6. The Morgan fingerprint density at radius 1 is 1.38 bits per heavy atom. The van der Waals surface area contributed by atoms with Gasteiger partial charge in [0.25, 0.3) is 0 Å². The van der Waals surface area contributed by atoms with Crippen molar-refractivity contribution in [3.8, 4) is 0 Å². The van der Waals surface area contributed by atoms with Gasteiger partial charge < -0.3 is 0 Å². The Kier molecular flexibility index (Phi) is 3.47. The molecule has 1 aromatic carbocycles. The van der Waals surface area contributed by atoms with Crippen molar-refractivity contribution in [3.05, 3.63) is 35.1 Å². The molecule has 0 radical (unpaired) electrons. The van der Waals surface area contributed by atoms with Gasteiger partial charge in [-0.3, -0.25) is 0 Å². The second-order valence-electron chi connectivity index (χ2n) is 3.67. The molecule has 0 bridgehead atoms. The van der Waals surface area contributed by atoms with Crippen LogP contribution in [0.15, 0.2) is 18.2 Å². The first-order valence-corrected chi connectivity index (χ1v) is 4.91. The molecule has 0 N–H and O–H groups in total. The molecule has 0 aromatic heterocycles. The van der Waals surface area contributed by atoms with Crippen LogP contribution in [0.5, 0.6) is 0 Å². The van der Waals surface area contributed by atoms with E-state index in [0.29, 0.717) is 5.92 Å². The first kappa shape index (κ1) is 10.2. The fourth-order valence-electron chi connectivity index (χ4n) is 1.64. The van der Waals surface area contributed by atoms with Crippen LogP contribution in [-0.2, 0) is 0 Å². The first-order valence-electron chi connectivity index (χ1n) is 4.91. The summed E-state index contributed by atoms with van der Waals surface area (Å²) in [5, 5.41) is 0. The number of rotatable bonds is 3. The molecule has 1 aromatic rings. The largest absolute Gasteiger partial charge is 0.206 e. The fourth-order valence-corrected chi connectivity index (χ4v) is 1.64. The van der Waals surface area contributed by atoms with Gasteiger partial charge in [-0.25, -0.2) is 4.39 Å². The van der Waals surface area contributed by atoms with Crippen LogP contribution in [0.2, 0.25) is 0 Å². The van der Waals surface area contributed by atoms with Crippen LogP contribution in [0.4, 0.5) is 4.39 Å². The highest BCUT2D eigenvalue weighted by molar-refractivity contribution is 5.27. The molecule has 0 saturated carbocycles. The quantitative estimate of drug-likeness (QED) is 0.658. The molecule has 0 heterocycles. The van der Waals surface area contributed by atoms with Crippen molar-refractivity contribution in [3.63, 3.8) is 0 Å². The Hall–Kier alpha value is -0.850. The predicted molar refractivity (Wildman–Crippen MR) is 54.5 cm³/mol. The molecule has 0 fully saturated rings. The minimum atomic E-state index is -0.0246. The summed E-state index contributed by atoms with van der Waals surface area (Å²) in [4.78, 5) is 0. The van der Waals surface area contributed by atoms with Gasteiger partial charge in [0.2, 0.25) is 0 Å². The zero-order valence-electron chi connectivity index (χ0n) is 8.60. The molecule has 0 amide bonds. The standard InChI is InChI=1S/C12H17F/c1-4-6-9(2)11-8-5-7-10(3)12(11)13/h5,7-9H,4,6H2,1-3H3. The number of hydrogen-bond donors (Lipinski definition) is 0. The summed E-state index contributed by atoms with van der Waals surface area (Å²) in [5.74, 6) is 0.313. The normalized spacial score (nSPS) is 12.9. The molecule has 0 saturated heterocycles. The third-order valence-electron chi connectivity index (χ3n) is 2.47. The van der Waals surface area contributed by atoms with Gasteiger partial charge in [0.15, 0.2) is 0 Å².